The van der Waals surface area contributed by atoms with Crippen molar-refractivity contribution in [3.05, 3.63) is 64.9 Å². The predicted octanol–water partition coefficient (Wildman–Crippen LogP) is 5.04. The fourth-order valence-corrected chi connectivity index (χ4v) is 3.83. The van der Waals surface area contributed by atoms with Crippen molar-refractivity contribution in [1.82, 2.24) is 14.8 Å². The molecular weight excluding hydrogens is 358 g/mol. The number of aromatic amines is 1. The number of phenols is 2. The first-order valence-corrected chi connectivity index (χ1v) is 9.26. The minimum Gasteiger partial charge on any atom is -0.508 e. The highest BCUT2D eigenvalue weighted by Gasteiger charge is 2.28. The van der Waals surface area contributed by atoms with Crippen LogP contribution in [0.2, 0.25) is 0 Å². The number of aromatic hydroxyl groups is 2. The second-order valence-corrected chi connectivity index (χ2v) is 7.28. The first kappa shape index (κ1) is 16.1. The molecule has 134 valence electrons. The summed E-state index contributed by atoms with van der Waals surface area (Å²) in [6, 6.07) is 17.3. The molecule has 0 radical (unpaired) electrons. The molecule has 1 heterocycles. The van der Waals surface area contributed by atoms with Gasteiger partial charge in [0.2, 0.25) is 0 Å². The maximum Gasteiger partial charge on any atom is 0.200 e. The molecule has 1 fully saturated rings. The van der Waals surface area contributed by atoms with E-state index in [1.165, 1.54) is 6.07 Å². The van der Waals surface area contributed by atoms with Crippen molar-refractivity contribution < 1.29 is 10.2 Å². The summed E-state index contributed by atoms with van der Waals surface area (Å²) in [5.74, 6) is 0.977. The lowest BCUT2D eigenvalue weighted by molar-refractivity contribution is 0.447. The van der Waals surface area contributed by atoms with Crippen LogP contribution in [0, 0.1) is 4.77 Å². The normalized spacial score (nSPS) is 13.9. The maximum absolute atomic E-state index is 10.5. The third kappa shape index (κ3) is 2.61. The highest BCUT2D eigenvalue weighted by molar-refractivity contribution is 7.71. The monoisotopic (exact) mass is 375 g/mol. The Bertz CT molecular complexity index is 1230. The number of nitrogens with zero attached hydrogens (tertiary/aromatic N) is 2. The Balaban J connectivity index is 1.78. The van der Waals surface area contributed by atoms with Gasteiger partial charge in [-0.15, -0.1) is 0 Å². The lowest BCUT2D eigenvalue weighted by atomic mass is 10.0. The molecule has 4 aromatic rings. The van der Waals surface area contributed by atoms with E-state index in [9.17, 15) is 10.2 Å². The minimum atomic E-state index is -0.0209. The lowest BCUT2D eigenvalue weighted by Crippen LogP contribution is -1.99. The van der Waals surface area contributed by atoms with Crippen LogP contribution in [0.25, 0.3) is 27.8 Å². The summed E-state index contributed by atoms with van der Waals surface area (Å²) in [4.78, 5) is 0. The Kier molecular flexibility index (Phi) is 3.55. The molecule has 0 atom stereocenters. The van der Waals surface area contributed by atoms with E-state index in [2.05, 4.69) is 10.2 Å². The Labute approximate surface area is 160 Å². The van der Waals surface area contributed by atoms with E-state index in [0.29, 0.717) is 22.1 Å². The molecule has 6 heteroatoms. The summed E-state index contributed by atoms with van der Waals surface area (Å²) in [6.07, 6.45) is 2.10. The van der Waals surface area contributed by atoms with Crippen LogP contribution in [0.5, 0.6) is 11.5 Å². The zero-order valence-electron chi connectivity index (χ0n) is 14.4. The van der Waals surface area contributed by atoms with Crippen molar-refractivity contribution >= 4 is 23.0 Å². The lowest BCUT2D eigenvalue weighted by Gasteiger charge is -2.13. The number of phenolic OH excluding ortho intramolecular Hbond substituents is 2. The molecule has 0 unspecified atom stereocenters. The maximum atomic E-state index is 10.5. The minimum absolute atomic E-state index is 0.0209. The molecular formula is C21H17N3O2S. The molecule has 1 aliphatic rings. The van der Waals surface area contributed by atoms with E-state index in [1.807, 2.05) is 53.1 Å². The Morgan fingerprint density at radius 3 is 2.59 bits per heavy atom. The number of hydrogen-bond donors (Lipinski definition) is 3. The van der Waals surface area contributed by atoms with Crippen molar-refractivity contribution in [3.8, 4) is 28.6 Å². The summed E-state index contributed by atoms with van der Waals surface area (Å²) in [7, 11) is 0. The van der Waals surface area contributed by atoms with Gasteiger partial charge in [0.1, 0.15) is 11.5 Å². The van der Waals surface area contributed by atoms with Crippen LogP contribution in [-0.2, 0) is 0 Å². The van der Waals surface area contributed by atoms with Gasteiger partial charge in [0.25, 0.3) is 0 Å². The molecule has 0 saturated heterocycles. The van der Waals surface area contributed by atoms with Crippen molar-refractivity contribution in [3.63, 3.8) is 0 Å². The zero-order chi connectivity index (χ0) is 18.5. The third-order valence-electron chi connectivity index (χ3n) is 5.08. The van der Waals surface area contributed by atoms with Crippen LogP contribution < -0.4 is 0 Å². The number of benzene rings is 3. The van der Waals surface area contributed by atoms with Gasteiger partial charge in [-0.1, -0.05) is 36.4 Å². The number of aromatic nitrogens is 3. The second kappa shape index (κ2) is 5.96. The SMILES string of the molecule is Oc1cc(O)c(C2CC2)cc1-c1n[nH]c(=S)n1-c1cccc2ccccc12. The number of fused-ring (bicyclic) bond motifs is 1. The van der Waals surface area contributed by atoms with Gasteiger partial charge in [-0.05, 0) is 54.1 Å². The summed E-state index contributed by atoms with van der Waals surface area (Å²) in [5, 5.41) is 30.1. The molecule has 27 heavy (non-hydrogen) atoms. The highest BCUT2D eigenvalue weighted by atomic mass is 32.1. The molecule has 0 bridgehead atoms. The van der Waals surface area contributed by atoms with E-state index < -0.39 is 0 Å². The summed E-state index contributed by atoms with van der Waals surface area (Å²) in [5.41, 5.74) is 2.29. The average Bonchev–Trinajstić information content (AvgIpc) is 3.44. The molecule has 0 amide bonds. The number of rotatable bonds is 3. The summed E-state index contributed by atoms with van der Waals surface area (Å²) in [6.45, 7) is 0. The Hall–Kier alpha value is -3.12. The van der Waals surface area contributed by atoms with Crippen LogP contribution in [0.3, 0.4) is 0 Å². The fourth-order valence-electron chi connectivity index (χ4n) is 3.60. The highest BCUT2D eigenvalue weighted by Crippen LogP contribution is 2.47. The number of hydrogen-bond acceptors (Lipinski definition) is 4. The molecule has 3 N–H and O–H groups in total. The van der Waals surface area contributed by atoms with Gasteiger partial charge in [-0.25, -0.2) is 0 Å². The number of H-pyrrole nitrogens is 1. The quantitative estimate of drug-likeness (QED) is 0.439. The smallest absolute Gasteiger partial charge is 0.200 e. The standard InChI is InChI=1S/C21H17N3O2S/c25-18-11-19(26)16(10-15(18)13-8-9-13)20-22-23-21(27)24(20)17-7-3-5-12-4-1-2-6-14(12)17/h1-7,10-11,13,25-26H,8-9H2,(H,23,27). The van der Waals surface area contributed by atoms with Crippen molar-refractivity contribution in [1.29, 1.82) is 0 Å². The van der Waals surface area contributed by atoms with Gasteiger partial charge in [-0.2, -0.15) is 5.10 Å². The van der Waals surface area contributed by atoms with Gasteiger partial charge in [-0.3, -0.25) is 9.67 Å². The summed E-state index contributed by atoms with van der Waals surface area (Å²) < 4.78 is 2.28. The zero-order valence-corrected chi connectivity index (χ0v) is 15.2. The molecule has 5 rings (SSSR count). The van der Waals surface area contributed by atoms with Crippen LogP contribution in [0.15, 0.2) is 54.6 Å². The van der Waals surface area contributed by atoms with E-state index in [4.69, 9.17) is 12.2 Å². The van der Waals surface area contributed by atoms with E-state index >= 15 is 0 Å². The Morgan fingerprint density at radius 2 is 1.78 bits per heavy atom. The van der Waals surface area contributed by atoms with Crippen LogP contribution >= 0.6 is 12.2 Å². The van der Waals surface area contributed by atoms with Gasteiger partial charge < -0.3 is 10.2 Å². The average molecular weight is 375 g/mol. The summed E-state index contributed by atoms with van der Waals surface area (Å²) >= 11 is 5.50. The molecule has 1 saturated carbocycles. The van der Waals surface area contributed by atoms with E-state index in [0.717, 1.165) is 34.9 Å². The Morgan fingerprint density at radius 1 is 1.00 bits per heavy atom. The van der Waals surface area contributed by atoms with Crippen molar-refractivity contribution in [2.24, 2.45) is 0 Å². The predicted molar refractivity (Wildman–Crippen MR) is 107 cm³/mol. The van der Waals surface area contributed by atoms with Gasteiger partial charge in [0, 0.05) is 11.5 Å². The molecule has 0 aliphatic heterocycles. The first-order chi connectivity index (χ1) is 13.1. The van der Waals surface area contributed by atoms with Crippen LogP contribution in [-0.4, -0.2) is 25.0 Å². The van der Waals surface area contributed by atoms with Crippen LogP contribution in [0.4, 0.5) is 0 Å². The van der Waals surface area contributed by atoms with Gasteiger partial charge >= 0.3 is 0 Å². The second-order valence-electron chi connectivity index (χ2n) is 6.89. The van der Waals surface area contributed by atoms with Gasteiger partial charge in [0.15, 0.2) is 10.6 Å². The fraction of sp³-hybridized carbons (Fsp3) is 0.143. The topological polar surface area (TPSA) is 74.1 Å². The van der Waals surface area contributed by atoms with E-state index in [-0.39, 0.29) is 11.5 Å². The van der Waals surface area contributed by atoms with E-state index in [1.54, 1.807) is 0 Å². The van der Waals surface area contributed by atoms with Crippen molar-refractivity contribution in [2.75, 3.05) is 0 Å². The number of nitrogens with one attached hydrogen (secondary N) is 1. The first-order valence-electron chi connectivity index (χ1n) is 8.85. The molecule has 1 aliphatic carbocycles. The van der Waals surface area contributed by atoms with Crippen LogP contribution in [0.1, 0.15) is 24.3 Å². The largest absolute Gasteiger partial charge is 0.508 e. The molecule has 0 spiro atoms. The molecule has 5 nitrogen and oxygen atoms in total. The van der Waals surface area contributed by atoms with Gasteiger partial charge in [0.05, 0.1) is 11.3 Å². The molecule has 1 aromatic heterocycles. The van der Waals surface area contributed by atoms with Crippen molar-refractivity contribution in [2.45, 2.75) is 18.8 Å². The third-order valence-corrected chi connectivity index (χ3v) is 5.36. The molecule has 3 aromatic carbocycles.